The fourth-order valence-corrected chi connectivity index (χ4v) is 6.25. The zero-order chi connectivity index (χ0) is 25.5. The van der Waals surface area contributed by atoms with Gasteiger partial charge in [-0.3, -0.25) is 0 Å². The Balaban J connectivity index is 1.45. The van der Waals surface area contributed by atoms with E-state index in [4.69, 9.17) is 0 Å². The number of hydrogen-bond acceptors (Lipinski definition) is 0. The van der Waals surface area contributed by atoms with E-state index in [2.05, 4.69) is 159 Å². The first-order valence-electron chi connectivity index (χ1n) is 13.3. The highest BCUT2D eigenvalue weighted by atomic mass is 14.5. The standard InChI is InChI=1S/C38H28/c1-27-19-21-28(22-20-27)29-11-10-12-30(25-29)31-23-24-37-35(26-31)34-17-8-9-18-36(34)38(37,32-13-4-2-5-14-32)33-15-6-3-7-16-33/h2-26H,1H3. The molecule has 0 nitrogen and oxygen atoms in total. The molecule has 0 atom stereocenters. The van der Waals surface area contributed by atoms with Crippen molar-refractivity contribution in [3.8, 4) is 33.4 Å². The molecule has 0 aromatic heterocycles. The van der Waals surface area contributed by atoms with Crippen LogP contribution in [-0.4, -0.2) is 0 Å². The zero-order valence-electron chi connectivity index (χ0n) is 21.4. The molecule has 0 heteroatoms. The molecule has 38 heavy (non-hydrogen) atoms. The number of aryl methyl sites for hydroxylation is 1. The summed E-state index contributed by atoms with van der Waals surface area (Å²) in [6.07, 6.45) is 0. The molecule has 0 heterocycles. The average Bonchev–Trinajstić information content (AvgIpc) is 3.29. The van der Waals surface area contributed by atoms with Crippen LogP contribution in [0.1, 0.15) is 27.8 Å². The Morgan fingerprint density at radius 1 is 0.368 bits per heavy atom. The minimum atomic E-state index is -0.350. The molecular weight excluding hydrogens is 456 g/mol. The lowest BCUT2D eigenvalue weighted by Crippen LogP contribution is -2.28. The number of fused-ring (bicyclic) bond motifs is 3. The van der Waals surface area contributed by atoms with Crippen molar-refractivity contribution >= 4 is 0 Å². The molecule has 6 aromatic rings. The van der Waals surface area contributed by atoms with Gasteiger partial charge in [-0.15, -0.1) is 0 Å². The van der Waals surface area contributed by atoms with Crippen molar-refractivity contribution in [3.63, 3.8) is 0 Å². The van der Waals surface area contributed by atoms with Crippen molar-refractivity contribution < 1.29 is 0 Å². The van der Waals surface area contributed by atoms with E-state index in [1.54, 1.807) is 0 Å². The molecule has 0 radical (unpaired) electrons. The van der Waals surface area contributed by atoms with Gasteiger partial charge in [0.15, 0.2) is 0 Å². The second kappa shape index (κ2) is 9.01. The van der Waals surface area contributed by atoms with E-state index >= 15 is 0 Å². The lowest BCUT2D eigenvalue weighted by molar-refractivity contribution is 0.768. The Morgan fingerprint density at radius 3 is 1.58 bits per heavy atom. The zero-order valence-corrected chi connectivity index (χ0v) is 21.4. The topological polar surface area (TPSA) is 0 Å². The molecule has 0 fully saturated rings. The molecule has 0 saturated carbocycles. The summed E-state index contributed by atoms with van der Waals surface area (Å²) in [5, 5.41) is 0. The van der Waals surface area contributed by atoms with Crippen LogP contribution >= 0.6 is 0 Å². The number of rotatable bonds is 4. The van der Waals surface area contributed by atoms with E-state index in [0.29, 0.717) is 0 Å². The molecule has 7 rings (SSSR count). The Hall–Kier alpha value is -4.68. The van der Waals surface area contributed by atoms with Crippen LogP contribution < -0.4 is 0 Å². The van der Waals surface area contributed by atoms with Gasteiger partial charge in [-0.2, -0.15) is 0 Å². The van der Waals surface area contributed by atoms with Crippen LogP contribution in [0.4, 0.5) is 0 Å². The Bertz CT molecular complexity index is 1700. The van der Waals surface area contributed by atoms with E-state index in [9.17, 15) is 0 Å². The molecule has 0 aliphatic heterocycles. The van der Waals surface area contributed by atoms with Gasteiger partial charge in [-0.05, 0) is 74.7 Å². The molecular formula is C38H28. The predicted octanol–water partition coefficient (Wildman–Crippen LogP) is 9.69. The van der Waals surface area contributed by atoms with Crippen molar-refractivity contribution in [2.24, 2.45) is 0 Å². The van der Waals surface area contributed by atoms with Crippen LogP contribution in [0.5, 0.6) is 0 Å². The first kappa shape index (κ1) is 22.5. The van der Waals surface area contributed by atoms with E-state index in [1.807, 2.05) is 0 Å². The van der Waals surface area contributed by atoms with Crippen molar-refractivity contribution in [2.45, 2.75) is 12.3 Å². The van der Waals surface area contributed by atoms with Crippen LogP contribution in [0.25, 0.3) is 33.4 Å². The lowest BCUT2D eigenvalue weighted by Gasteiger charge is -2.33. The van der Waals surface area contributed by atoms with Crippen LogP contribution in [0, 0.1) is 6.92 Å². The molecule has 0 unspecified atom stereocenters. The van der Waals surface area contributed by atoms with E-state index in [1.165, 1.54) is 61.2 Å². The van der Waals surface area contributed by atoms with Crippen LogP contribution in [-0.2, 0) is 5.41 Å². The molecule has 1 aliphatic rings. The van der Waals surface area contributed by atoms with Crippen molar-refractivity contribution in [3.05, 3.63) is 179 Å². The second-order valence-corrected chi connectivity index (χ2v) is 10.2. The minimum absolute atomic E-state index is 0.350. The summed E-state index contributed by atoms with van der Waals surface area (Å²) in [7, 11) is 0. The number of hydrogen-bond donors (Lipinski definition) is 0. The summed E-state index contributed by atoms with van der Waals surface area (Å²) in [6.45, 7) is 2.13. The summed E-state index contributed by atoms with van der Waals surface area (Å²) in [5.74, 6) is 0. The Kier molecular flexibility index (Phi) is 5.34. The molecule has 6 aromatic carbocycles. The van der Waals surface area contributed by atoms with Gasteiger partial charge in [0.1, 0.15) is 0 Å². The average molecular weight is 485 g/mol. The van der Waals surface area contributed by atoms with Crippen LogP contribution in [0.15, 0.2) is 152 Å². The van der Waals surface area contributed by atoms with Crippen LogP contribution in [0.2, 0.25) is 0 Å². The van der Waals surface area contributed by atoms with Gasteiger partial charge < -0.3 is 0 Å². The van der Waals surface area contributed by atoms with E-state index in [0.717, 1.165) is 0 Å². The maximum Gasteiger partial charge on any atom is 0.0713 e. The second-order valence-electron chi connectivity index (χ2n) is 10.2. The maximum absolute atomic E-state index is 2.40. The van der Waals surface area contributed by atoms with Gasteiger partial charge in [0.25, 0.3) is 0 Å². The van der Waals surface area contributed by atoms with Crippen molar-refractivity contribution in [1.82, 2.24) is 0 Å². The Morgan fingerprint density at radius 2 is 0.895 bits per heavy atom. The van der Waals surface area contributed by atoms with Crippen LogP contribution in [0.3, 0.4) is 0 Å². The first-order chi connectivity index (χ1) is 18.7. The van der Waals surface area contributed by atoms with Crippen molar-refractivity contribution in [2.75, 3.05) is 0 Å². The first-order valence-corrected chi connectivity index (χ1v) is 13.3. The van der Waals surface area contributed by atoms with E-state index in [-0.39, 0.29) is 5.41 Å². The number of benzene rings is 6. The Labute approximate surface area is 224 Å². The smallest absolute Gasteiger partial charge is 0.0622 e. The van der Waals surface area contributed by atoms with Gasteiger partial charge >= 0.3 is 0 Å². The van der Waals surface area contributed by atoms with Gasteiger partial charge in [0, 0.05) is 0 Å². The normalized spacial score (nSPS) is 13.1. The third-order valence-corrected chi connectivity index (χ3v) is 8.04. The fraction of sp³-hybridized carbons (Fsp3) is 0.0526. The third kappa shape index (κ3) is 3.45. The molecule has 0 amide bonds. The fourth-order valence-electron chi connectivity index (χ4n) is 6.25. The molecule has 1 aliphatic carbocycles. The van der Waals surface area contributed by atoms with Gasteiger partial charge in [0.05, 0.1) is 5.41 Å². The summed E-state index contributed by atoms with van der Waals surface area (Å²) >= 11 is 0. The van der Waals surface area contributed by atoms with Gasteiger partial charge in [-0.1, -0.05) is 145 Å². The highest BCUT2D eigenvalue weighted by molar-refractivity contribution is 5.89. The maximum atomic E-state index is 2.40. The predicted molar refractivity (Wildman–Crippen MR) is 159 cm³/mol. The van der Waals surface area contributed by atoms with Gasteiger partial charge in [0.2, 0.25) is 0 Å². The highest BCUT2D eigenvalue weighted by Gasteiger charge is 2.45. The van der Waals surface area contributed by atoms with Gasteiger partial charge in [-0.25, -0.2) is 0 Å². The summed E-state index contributed by atoms with van der Waals surface area (Å²) < 4.78 is 0. The lowest BCUT2D eigenvalue weighted by atomic mass is 9.67. The SMILES string of the molecule is Cc1ccc(-c2cccc(-c3ccc4c(c3)-c3ccccc3C4(c3ccccc3)c3ccccc3)c2)cc1. The largest absolute Gasteiger partial charge is 0.0713 e. The highest BCUT2D eigenvalue weighted by Crippen LogP contribution is 2.56. The summed E-state index contributed by atoms with van der Waals surface area (Å²) in [4.78, 5) is 0. The minimum Gasteiger partial charge on any atom is -0.0622 e. The van der Waals surface area contributed by atoms with E-state index < -0.39 is 0 Å². The molecule has 0 saturated heterocycles. The molecule has 180 valence electrons. The van der Waals surface area contributed by atoms with Crippen molar-refractivity contribution in [1.29, 1.82) is 0 Å². The molecule has 0 N–H and O–H groups in total. The monoisotopic (exact) mass is 484 g/mol. The summed E-state index contributed by atoms with van der Waals surface area (Å²) in [5.41, 5.74) is 13.8. The quantitative estimate of drug-likeness (QED) is 0.233. The molecule has 0 spiro atoms. The summed E-state index contributed by atoms with van der Waals surface area (Å²) in [6, 6.07) is 55.6. The third-order valence-electron chi connectivity index (χ3n) is 8.04. The molecule has 0 bridgehead atoms.